The van der Waals surface area contributed by atoms with Crippen molar-refractivity contribution in [2.75, 3.05) is 0 Å². The quantitative estimate of drug-likeness (QED) is 0.375. The van der Waals surface area contributed by atoms with E-state index in [0.29, 0.717) is 5.41 Å². The van der Waals surface area contributed by atoms with E-state index in [1.807, 2.05) is 0 Å². The summed E-state index contributed by atoms with van der Waals surface area (Å²) >= 11 is 0. The van der Waals surface area contributed by atoms with Gasteiger partial charge in [0.25, 0.3) is 0 Å². The fourth-order valence-electron chi connectivity index (χ4n) is 3.94. The topological polar surface area (TPSA) is 0 Å². The van der Waals surface area contributed by atoms with E-state index in [-0.39, 0.29) is 0 Å². The third kappa shape index (κ3) is 6.32. The van der Waals surface area contributed by atoms with Crippen LogP contribution in [0.4, 0.5) is 0 Å². The van der Waals surface area contributed by atoms with Crippen molar-refractivity contribution < 1.29 is 0 Å². The van der Waals surface area contributed by atoms with Gasteiger partial charge < -0.3 is 0 Å². The van der Waals surface area contributed by atoms with Gasteiger partial charge in [-0.3, -0.25) is 0 Å². The zero-order chi connectivity index (χ0) is 14.9. The lowest BCUT2D eigenvalue weighted by Gasteiger charge is -2.40. The van der Waals surface area contributed by atoms with Crippen molar-refractivity contribution in [3.8, 4) is 0 Å². The van der Waals surface area contributed by atoms with Crippen LogP contribution >= 0.6 is 0 Å². The lowest BCUT2D eigenvalue weighted by molar-refractivity contribution is 0.103. The van der Waals surface area contributed by atoms with E-state index < -0.39 is 0 Å². The number of hydrogen-bond donors (Lipinski definition) is 0. The van der Waals surface area contributed by atoms with Crippen molar-refractivity contribution in [1.29, 1.82) is 0 Å². The van der Waals surface area contributed by atoms with Gasteiger partial charge in [0.15, 0.2) is 0 Å². The average molecular weight is 269 g/mol. The maximum atomic E-state index is 2.57. The lowest BCUT2D eigenvalue weighted by Crippen LogP contribution is -2.30. The molecule has 0 bridgehead atoms. The fourth-order valence-corrected chi connectivity index (χ4v) is 3.94. The second-order valence-corrected chi connectivity index (χ2v) is 7.23. The Hall–Kier alpha value is 0. The first-order valence-electron chi connectivity index (χ1n) is 8.95. The van der Waals surface area contributed by atoms with Gasteiger partial charge in [-0.25, -0.2) is 0 Å². The Morgan fingerprint density at radius 1 is 0.842 bits per heavy atom. The minimum Gasteiger partial charge on any atom is -0.0654 e. The largest absolute Gasteiger partial charge is 0.0654 e. The molecule has 0 amide bonds. The first-order chi connectivity index (χ1) is 8.95. The molecular weight excluding hydrogens is 228 g/mol. The zero-order valence-electron chi connectivity index (χ0n) is 14.9. The van der Waals surface area contributed by atoms with Crippen molar-refractivity contribution in [2.24, 2.45) is 23.2 Å². The molecule has 0 heterocycles. The van der Waals surface area contributed by atoms with Crippen LogP contribution < -0.4 is 0 Å². The number of rotatable bonds is 11. The fraction of sp³-hybridized carbons (Fsp3) is 1.00. The molecule has 0 fully saturated rings. The third-order valence-corrected chi connectivity index (χ3v) is 5.53. The molecule has 0 radical (unpaired) electrons. The van der Waals surface area contributed by atoms with Crippen LogP contribution in [0.5, 0.6) is 0 Å². The highest BCUT2D eigenvalue weighted by molar-refractivity contribution is 4.83. The maximum Gasteiger partial charge on any atom is -0.0298 e. The van der Waals surface area contributed by atoms with E-state index in [4.69, 9.17) is 0 Å². The van der Waals surface area contributed by atoms with Crippen molar-refractivity contribution in [1.82, 2.24) is 0 Å². The second kappa shape index (κ2) is 9.83. The molecule has 4 atom stereocenters. The predicted octanol–water partition coefficient (Wildman–Crippen LogP) is 7.08. The lowest BCUT2D eigenvalue weighted by atomic mass is 9.65. The SMILES string of the molecule is CCCC(C)C(CC)CC(C)(CCC)C(C)CCC. The van der Waals surface area contributed by atoms with E-state index in [1.54, 1.807) is 0 Å². The molecule has 0 aliphatic carbocycles. The van der Waals surface area contributed by atoms with Gasteiger partial charge in [0.1, 0.15) is 0 Å². The molecule has 0 heteroatoms. The van der Waals surface area contributed by atoms with Gasteiger partial charge in [0, 0.05) is 0 Å². The van der Waals surface area contributed by atoms with E-state index in [1.165, 1.54) is 51.4 Å². The van der Waals surface area contributed by atoms with Gasteiger partial charge >= 0.3 is 0 Å². The van der Waals surface area contributed by atoms with Crippen LogP contribution in [0.1, 0.15) is 99.8 Å². The normalized spacial score (nSPS) is 19.7. The van der Waals surface area contributed by atoms with Crippen LogP contribution in [0.2, 0.25) is 0 Å². The summed E-state index contributed by atoms with van der Waals surface area (Å²) in [5, 5.41) is 0. The molecule has 0 saturated carbocycles. The minimum atomic E-state index is 0.563. The Balaban J connectivity index is 4.76. The summed E-state index contributed by atoms with van der Waals surface area (Å²) in [6.45, 7) is 17.0. The number of hydrogen-bond acceptors (Lipinski definition) is 0. The van der Waals surface area contributed by atoms with Gasteiger partial charge in [-0.2, -0.15) is 0 Å². The Morgan fingerprint density at radius 2 is 1.42 bits per heavy atom. The second-order valence-electron chi connectivity index (χ2n) is 7.23. The molecule has 0 saturated heterocycles. The molecule has 0 nitrogen and oxygen atoms in total. The molecular formula is C19H40. The molecule has 0 aromatic carbocycles. The highest BCUT2D eigenvalue weighted by Gasteiger charge is 2.33. The van der Waals surface area contributed by atoms with E-state index >= 15 is 0 Å². The highest BCUT2D eigenvalue weighted by atomic mass is 14.4. The standard InChI is InChI=1S/C19H40/c1-8-12-16(5)18(11-4)15-19(7,14-10-3)17(6)13-9-2/h16-18H,8-15H2,1-7H3. The molecule has 116 valence electrons. The van der Waals surface area contributed by atoms with Crippen LogP contribution in [0.15, 0.2) is 0 Å². The van der Waals surface area contributed by atoms with E-state index in [2.05, 4.69) is 48.5 Å². The first kappa shape index (κ1) is 19.0. The van der Waals surface area contributed by atoms with Crippen LogP contribution in [0, 0.1) is 23.2 Å². The van der Waals surface area contributed by atoms with Crippen molar-refractivity contribution in [2.45, 2.75) is 99.8 Å². The van der Waals surface area contributed by atoms with Crippen molar-refractivity contribution in [3.05, 3.63) is 0 Å². The Morgan fingerprint density at radius 3 is 1.84 bits per heavy atom. The summed E-state index contributed by atoms with van der Waals surface area (Å²) in [5.41, 5.74) is 0.563. The third-order valence-electron chi connectivity index (χ3n) is 5.53. The molecule has 0 spiro atoms. The van der Waals surface area contributed by atoms with Crippen molar-refractivity contribution >= 4 is 0 Å². The molecule has 0 aliphatic heterocycles. The molecule has 0 aromatic heterocycles. The van der Waals surface area contributed by atoms with E-state index in [9.17, 15) is 0 Å². The zero-order valence-corrected chi connectivity index (χ0v) is 14.9. The summed E-state index contributed by atoms with van der Waals surface area (Å²) in [4.78, 5) is 0. The molecule has 0 N–H and O–H groups in total. The molecule has 0 rings (SSSR count). The van der Waals surface area contributed by atoms with Crippen LogP contribution in [0.3, 0.4) is 0 Å². The molecule has 4 unspecified atom stereocenters. The first-order valence-corrected chi connectivity index (χ1v) is 8.95. The molecule has 19 heavy (non-hydrogen) atoms. The summed E-state index contributed by atoms with van der Waals surface area (Å²) in [6, 6.07) is 0. The van der Waals surface area contributed by atoms with Crippen LogP contribution in [0.25, 0.3) is 0 Å². The van der Waals surface area contributed by atoms with Gasteiger partial charge in [-0.1, -0.05) is 87.0 Å². The Labute approximate surface area is 123 Å². The van der Waals surface area contributed by atoms with Crippen LogP contribution in [-0.2, 0) is 0 Å². The van der Waals surface area contributed by atoms with Gasteiger partial charge in [0.05, 0.1) is 0 Å². The van der Waals surface area contributed by atoms with Crippen molar-refractivity contribution in [3.63, 3.8) is 0 Å². The average Bonchev–Trinajstić information content (AvgIpc) is 2.36. The Kier molecular flexibility index (Phi) is 9.83. The summed E-state index contributed by atoms with van der Waals surface area (Å²) in [5.74, 6) is 2.70. The monoisotopic (exact) mass is 268 g/mol. The van der Waals surface area contributed by atoms with Gasteiger partial charge in [-0.15, -0.1) is 0 Å². The predicted molar refractivity (Wildman–Crippen MR) is 89.6 cm³/mol. The summed E-state index contributed by atoms with van der Waals surface area (Å²) < 4.78 is 0. The molecule has 0 aliphatic rings. The van der Waals surface area contributed by atoms with E-state index in [0.717, 1.165) is 17.8 Å². The maximum absolute atomic E-state index is 2.57. The summed E-state index contributed by atoms with van der Waals surface area (Å²) in [7, 11) is 0. The Bertz CT molecular complexity index is 208. The van der Waals surface area contributed by atoms with Gasteiger partial charge in [0.2, 0.25) is 0 Å². The minimum absolute atomic E-state index is 0.563. The highest BCUT2D eigenvalue weighted by Crippen LogP contribution is 2.43. The molecule has 0 aromatic rings. The van der Waals surface area contributed by atoms with Crippen LogP contribution in [-0.4, -0.2) is 0 Å². The van der Waals surface area contributed by atoms with Gasteiger partial charge in [-0.05, 0) is 36.0 Å². The summed E-state index contributed by atoms with van der Waals surface area (Å²) in [6.07, 6.45) is 11.0. The smallest absolute Gasteiger partial charge is 0.0298 e.